The molecule has 24 heavy (non-hydrogen) atoms. The zero-order chi connectivity index (χ0) is 16.9. The van der Waals surface area contributed by atoms with Crippen molar-refractivity contribution in [1.29, 1.82) is 0 Å². The monoisotopic (exact) mass is 344 g/mol. The molecule has 0 saturated carbocycles. The Balaban J connectivity index is 1.64. The topological polar surface area (TPSA) is 94.0 Å². The fourth-order valence-corrected chi connectivity index (χ4v) is 2.52. The van der Waals surface area contributed by atoms with Gasteiger partial charge in [0.1, 0.15) is 11.3 Å². The van der Waals surface area contributed by atoms with Gasteiger partial charge in [-0.15, -0.1) is 10.2 Å². The van der Waals surface area contributed by atoms with Crippen molar-refractivity contribution in [2.45, 2.75) is 13.0 Å². The van der Waals surface area contributed by atoms with Crippen LogP contribution in [0.15, 0.2) is 42.2 Å². The van der Waals surface area contributed by atoms with Crippen LogP contribution in [-0.4, -0.2) is 33.1 Å². The molecule has 0 aliphatic heterocycles. The lowest BCUT2D eigenvalue weighted by Gasteiger charge is -2.11. The van der Waals surface area contributed by atoms with Crippen molar-refractivity contribution in [3.05, 3.63) is 47.7 Å². The number of rotatable bonds is 5. The standard InChI is InChI=1S/C15H16N6O2S/c1-10(18-14(22)19-15-20-16-9-24-15)11-7-17-21(8-11)12-3-5-13(23-2)6-4-12/h3-10H,1-2H3,(H2,18,19,20,22)/t10-/m1/s1. The Morgan fingerprint density at radius 2 is 2.12 bits per heavy atom. The van der Waals surface area contributed by atoms with Gasteiger partial charge in [-0.1, -0.05) is 11.3 Å². The molecule has 124 valence electrons. The summed E-state index contributed by atoms with van der Waals surface area (Å²) in [7, 11) is 1.63. The van der Waals surface area contributed by atoms with Crippen LogP contribution in [0.1, 0.15) is 18.5 Å². The largest absolute Gasteiger partial charge is 0.497 e. The van der Waals surface area contributed by atoms with Crippen LogP contribution in [-0.2, 0) is 0 Å². The minimum absolute atomic E-state index is 0.204. The van der Waals surface area contributed by atoms with E-state index < -0.39 is 0 Å². The summed E-state index contributed by atoms with van der Waals surface area (Å²) in [5.41, 5.74) is 3.35. The summed E-state index contributed by atoms with van der Waals surface area (Å²) >= 11 is 1.26. The number of urea groups is 1. The molecule has 1 aromatic carbocycles. The molecule has 0 saturated heterocycles. The molecule has 0 radical (unpaired) electrons. The van der Waals surface area contributed by atoms with Gasteiger partial charge in [-0.3, -0.25) is 5.32 Å². The average Bonchev–Trinajstić information content (AvgIpc) is 3.26. The van der Waals surface area contributed by atoms with E-state index in [9.17, 15) is 4.79 Å². The predicted molar refractivity (Wildman–Crippen MR) is 90.6 cm³/mol. The third kappa shape index (κ3) is 3.69. The molecular formula is C15H16N6O2S. The van der Waals surface area contributed by atoms with Crippen LogP contribution in [0.25, 0.3) is 5.69 Å². The number of carbonyl (C=O) groups is 1. The number of nitrogens with one attached hydrogen (secondary N) is 2. The first-order chi connectivity index (χ1) is 11.7. The van der Waals surface area contributed by atoms with E-state index in [-0.39, 0.29) is 12.1 Å². The van der Waals surface area contributed by atoms with Gasteiger partial charge in [-0.25, -0.2) is 9.48 Å². The summed E-state index contributed by atoms with van der Waals surface area (Å²) in [5, 5.41) is 17.7. The summed E-state index contributed by atoms with van der Waals surface area (Å²) in [6.45, 7) is 1.88. The second-order valence-corrected chi connectivity index (χ2v) is 5.81. The third-order valence-electron chi connectivity index (χ3n) is 3.37. The summed E-state index contributed by atoms with van der Waals surface area (Å²) < 4.78 is 6.89. The SMILES string of the molecule is COc1ccc(-n2cc([C@@H](C)NC(=O)Nc3nncs3)cn2)cc1. The molecule has 2 N–H and O–H groups in total. The lowest BCUT2D eigenvalue weighted by molar-refractivity contribution is 0.249. The number of nitrogens with zero attached hydrogens (tertiary/aromatic N) is 4. The van der Waals surface area contributed by atoms with Crippen molar-refractivity contribution >= 4 is 22.5 Å². The average molecular weight is 344 g/mol. The second-order valence-electron chi connectivity index (χ2n) is 4.98. The Bertz CT molecular complexity index is 800. The van der Waals surface area contributed by atoms with E-state index >= 15 is 0 Å². The van der Waals surface area contributed by atoms with E-state index in [1.54, 1.807) is 23.5 Å². The maximum atomic E-state index is 11.9. The van der Waals surface area contributed by atoms with Crippen LogP contribution >= 0.6 is 11.3 Å². The van der Waals surface area contributed by atoms with Crippen molar-refractivity contribution in [2.24, 2.45) is 0 Å². The van der Waals surface area contributed by atoms with Gasteiger partial charge in [0.05, 0.1) is 25.0 Å². The van der Waals surface area contributed by atoms with Gasteiger partial charge in [-0.05, 0) is 31.2 Å². The molecule has 1 atom stereocenters. The van der Waals surface area contributed by atoms with E-state index in [1.807, 2.05) is 37.4 Å². The van der Waals surface area contributed by atoms with Crippen LogP contribution in [0.3, 0.4) is 0 Å². The first kappa shape index (κ1) is 15.9. The first-order valence-corrected chi connectivity index (χ1v) is 8.06. The number of carbonyl (C=O) groups excluding carboxylic acids is 1. The lowest BCUT2D eigenvalue weighted by atomic mass is 10.2. The molecular weight excluding hydrogens is 328 g/mol. The first-order valence-electron chi connectivity index (χ1n) is 7.18. The molecule has 3 aromatic rings. The van der Waals surface area contributed by atoms with Crippen LogP contribution in [0, 0.1) is 0 Å². The van der Waals surface area contributed by atoms with Crippen molar-refractivity contribution < 1.29 is 9.53 Å². The molecule has 8 nitrogen and oxygen atoms in total. The van der Waals surface area contributed by atoms with E-state index in [0.29, 0.717) is 5.13 Å². The van der Waals surface area contributed by atoms with E-state index in [1.165, 1.54) is 11.3 Å². The van der Waals surface area contributed by atoms with Gasteiger partial charge < -0.3 is 10.1 Å². The normalized spacial score (nSPS) is 11.8. The summed E-state index contributed by atoms with van der Waals surface area (Å²) in [5.74, 6) is 0.787. The number of ether oxygens (including phenoxy) is 1. The van der Waals surface area contributed by atoms with Crippen LogP contribution in [0.2, 0.25) is 0 Å². The number of methoxy groups -OCH3 is 1. The van der Waals surface area contributed by atoms with Crippen LogP contribution in [0.5, 0.6) is 5.75 Å². The number of hydrogen-bond donors (Lipinski definition) is 2. The zero-order valence-electron chi connectivity index (χ0n) is 13.1. The van der Waals surface area contributed by atoms with E-state index in [4.69, 9.17) is 4.74 Å². The van der Waals surface area contributed by atoms with Crippen LogP contribution in [0.4, 0.5) is 9.93 Å². The number of benzene rings is 1. The highest BCUT2D eigenvalue weighted by atomic mass is 32.1. The number of aromatic nitrogens is 4. The molecule has 0 aliphatic rings. The number of hydrogen-bond acceptors (Lipinski definition) is 6. The van der Waals surface area contributed by atoms with E-state index in [2.05, 4.69) is 25.9 Å². The van der Waals surface area contributed by atoms with Crippen molar-refractivity contribution in [1.82, 2.24) is 25.3 Å². The Hall–Kier alpha value is -2.94. The summed E-state index contributed by atoms with van der Waals surface area (Å²) in [4.78, 5) is 11.9. The number of anilines is 1. The fraction of sp³-hybridized carbons (Fsp3) is 0.200. The Labute approximate surface area is 142 Å². The quantitative estimate of drug-likeness (QED) is 0.742. The highest BCUT2D eigenvalue weighted by Gasteiger charge is 2.13. The molecule has 3 rings (SSSR count). The highest BCUT2D eigenvalue weighted by Crippen LogP contribution is 2.17. The molecule has 0 spiro atoms. The van der Waals surface area contributed by atoms with Gasteiger partial charge >= 0.3 is 6.03 Å². The number of amides is 2. The smallest absolute Gasteiger partial charge is 0.321 e. The van der Waals surface area contributed by atoms with Crippen molar-refractivity contribution in [3.63, 3.8) is 0 Å². The van der Waals surface area contributed by atoms with Crippen LogP contribution < -0.4 is 15.4 Å². The Morgan fingerprint density at radius 3 is 2.79 bits per heavy atom. The zero-order valence-corrected chi connectivity index (χ0v) is 13.9. The highest BCUT2D eigenvalue weighted by molar-refractivity contribution is 7.13. The molecule has 0 aliphatic carbocycles. The Kier molecular flexibility index (Phi) is 4.71. The minimum Gasteiger partial charge on any atom is -0.497 e. The van der Waals surface area contributed by atoms with Gasteiger partial charge in [0.15, 0.2) is 0 Å². The van der Waals surface area contributed by atoms with Crippen molar-refractivity contribution in [2.75, 3.05) is 12.4 Å². The molecule has 0 fully saturated rings. The Morgan fingerprint density at radius 1 is 1.33 bits per heavy atom. The molecule has 0 unspecified atom stereocenters. The molecule has 2 heterocycles. The molecule has 2 amide bonds. The predicted octanol–water partition coefficient (Wildman–Crippen LogP) is 2.62. The van der Waals surface area contributed by atoms with Crippen molar-refractivity contribution in [3.8, 4) is 11.4 Å². The summed E-state index contributed by atoms with van der Waals surface area (Å²) in [6.07, 6.45) is 3.60. The van der Waals surface area contributed by atoms with E-state index in [0.717, 1.165) is 17.0 Å². The second kappa shape index (κ2) is 7.09. The summed E-state index contributed by atoms with van der Waals surface area (Å²) in [6, 6.07) is 7.02. The van der Waals surface area contributed by atoms with Gasteiger partial charge in [-0.2, -0.15) is 5.10 Å². The lowest BCUT2D eigenvalue weighted by Crippen LogP contribution is -2.30. The fourth-order valence-electron chi connectivity index (χ4n) is 2.08. The molecule has 0 bridgehead atoms. The maximum absolute atomic E-state index is 11.9. The molecule has 2 aromatic heterocycles. The molecule has 9 heteroatoms. The van der Waals surface area contributed by atoms with Gasteiger partial charge in [0.25, 0.3) is 0 Å². The van der Waals surface area contributed by atoms with Gasteiger partial charge in [0.2, 0.25) is 5.13 Å². The minimum atomic E-state index is -0.337. The van der Waals surface area contributed by atoms with Gasteiger partial charge in [0, 0.05) is 11.8 Å². The maximum Gasteiger partial charge on any atom is 0.321 e. The third-order valence-corrected chi connectivity index (χ3v) is 3.97.